The topological polar surface area (TPSA) is 118 Å². The minimum Gasteiger partial charge on any atom is -0.475 e. The normalized spacial score (nSPS) is 17.4. The molecule has 4 rings (SSSR count). The summed E-state index contributed by atoms with van der Waals surface area (Å²) in [5, 5.41) is 4.73. The van der Waals surface area contributed by atoms with Crippen molar-refractivity contribution in [3.63, 3.8) is 0 Å². The summed E-state index contributed by atoms with van der Waals surface area (Å²) in [5.41, 5.74) is -0.368. The summed E-state index contributed by atoms with van der Waals surface area (Å²) in [7, 11) is -3.54. The van der Waals surface area contributed by atoms with Crippen LogP contribution >= 0.6 is 0 Å². The van der Waals surface area contributed by atoms with Crippen LogP contribution in [0.2, 0.25) is 0 Å². The van der Waals surface area contributed by atoms with Crippen LogP contribution in [-0.2, 0) is 14.6 Å². The molecule has 3 heterocycles. The number of pyridine rings is 2. The van der Waals surface area contributed by atoms with E-state index < -0.39 is 9.84 Å². The van der Waals surface area contributed by atoms with Crippen LogP contribution in [0.3, 0.4) is 0 Å². The average Bonchev–Trinajstić information content (AvgIpc) is 3.03. The number of nitrogens with one attached hydrogen (secondary N) is 2. The molecule has 0 saturated carbocycles. The molecule has 1 aliphatic heterocycles. The third-order valence-electron chi connectivity index (χ3n) is 4.62. The van der Waals surface area contributed by atoms with Gasteiger partial charge in [0, 0.05) is 41.2 Å². The number of sulfone groups is 1. The highest BCUT2D eigenvalue weighted by atomic mass is 32.2. The first-order chi connectivity index (χ1) is 12.8. The van der Waals surface area contributed by atoms with Crippen molar-refractivity contribution in [2.45, 2.75) is 23.8 Å². The molecule has 9 heteroatoms. The Hall–Kier alpha value is -2.94. The van der Waals surface area contributed by atoms with E-state index in [1.54, 1.807) is 24.4 Å². The highest BCUT2D eigenvalue weighted by Gasteiger charge is 2.22. The Labute approximate surface area is 154 Å². The van der Waals surface area contributed by atoms with E-state index in [-0.39, 0.29) is 34.4 Å². The molecule has 1 atom stereocenters. The number of carbonyl (C=O) groups is 1. The predicted octanol–water partition coefficient (Wildman–Crippen LogP) is 1.14. The number of fused-ring (bicyclic) bond motifs is 2. The highest BCUT2D eigenvalue weighted by Crippen LogP contribution is 2.30. The second-order valence-corrected chi connectivity index (χ2v) is 8.59. The van der Waals surface area contributed by atoms with Crippen LogP contribution in [0.4, 0.5) is 0 Å². The fourth-order valence-corrected chi connectivity index (χ4v) is 4.12. The third kappa shape index (κ3) is 3.25. The molecule has 140 valence electrons. The fraction of sp³-hybridized carbons (Fsp3) is 0.278. The number of carbonyl (C=O) groups excluding carboxylic acids is 1. The number of ether oxygens (including phenoxy) is 1. The van der Waals surface area contributed by atoms with Crippen molar-refractivity contribution in [2.75, 3.05) is 12.9 Å². The van der Waals surface area contributed by atoms with E-state index in [0.29, 0.717) is 34.9 Å². The highest BCUT2D eigenvalue weighted by molar-refractivity contribution is 7.91. The van der Waals surface area contributed by atoms with Gasteiger partial charge in [-0.25, -0.2) is 13.4 Å². The lowest BCUT2D eigenvalue weighted by molar-refractivity contribution is -0.119. The quantitative estimate of drug-likeness (QED) is 0.648. The zero-order valence-corrected chi connectivity index (χ0v) is 15.3. The van der Waals surface area contributed by atoms with Crippen LogP contribution in [0.1, 0.15) is 12.8 Å². The summed E-state index contributed by atoms with van der Waals surface area (Å²) < 4.78 is 30.0. The van der Waals surface area contributed by atoms with Gasteiger partial charge in [0.05, 0.1) is 10.9 Å². The van der Waals surface area contributed by atoms with Crippen molar-refractivity contribution >= 4 is 37.3 Å². The van der Waals surface area contributed by atoms with Crippen molar-refractivity contribution in [3.05, 3.63) is 40.9 Å². The number of hydrogen-bond donors (Lipinski definition) is 2. The maximum atomic E-state index is 12.2. The molecule has 0 aliphatic carbocycles. The Balaban J connectivity index is 1.84. The van der Waals surface area contributed by atoms with Gasteiger partial charge in [-0.3, -0.25) is 9.59 Å². The van der Waals surface area contributed by atoms with Crippen LogP contribution in [0.25, 0.3) is 21.5 Å². The van der Waals surface area contributed by atoms with E-state index in [0.717, 1.165) is 6.26 Å². The van der Waals surface area contributed by atoms with Gasteiger partial charge in [-0.15, -0.1) is 0 Å². The molecule has 3 aromatic rings. The molecular formula is C18H17N3O5S. The van der Waals surface area contributed by atoms with E-state index in [1.807, 2.05) is 0 Å². The third-order valence-corrected chi connectivity index (χ3v) is 5.75. The zero-order valence-electron chi connectivity index (χ0n) is 14.5. The van der Waals surface area contributed by atoms with E-state index in [2.05, 4.69) is 15.3 Å². The van der Waals surface area contributed by atoms with Gasteiger partial charge in [0.2, 0.25) is 11.8 Å². The molecule has 8 nitrogen and oxygen atoms in total. The first-order valence-corrected chi connectivity index (χ1v) is 10.3. The minimum atomic E-state index is -3.54. The zero-order chi connectivity index (χ0) is 19.2. The van der Waals surface area contributed by atoms with Gasteiger partial charge < -0.3 is 15.0 Å². The number of H-pyrrole nitrogens is 1. The Kier molecular flexibility index (Phi) is 4.11. The second kappa shape index (κ2) is 6.34. The number of amides is 1. The van der Waals surface area contributed by atoms with Gasteiger partial charge >= 0.3 is 0 Å². The molecular weight excluding hydrogens is 370 g/mol. The van der Waals surface area contributed by atoms with Crippen molar-refractivity contribution in [1.82, 2.24) is 15.3 Å². The van der Waals surface area contributed by atoms with E-state index in [1.165, 1.54) is 6.20 Å². The van der Waals surface area contributed by atoms with Crippen LogP contribution < -0.4 is 15.6 Å². The number of aromatic nitrogens is 2. The van der Waals surface area contributed by atoms with Gasteiger partial charge in [-0.2, -0.15) is 0 Å². The number of benzene rings is 1. The summed E-state index contributed by atoms with van der Waals surface area (Å²) in [6, 6.07) is 4.89. The lowest BCUT2D eigenvalue weighted by atomic mass is 10.1. The molecule has 2 N–H and O–H groups in total. The standard InChI is InChI=1S/C18H17N3O5S/c1-27(24,25)15-8-20-17(23)14-6-10-4-5-19-18(12(10)7-13(14)15)26-9-11-2-3-16(22)21-11/h4-8,11H,2-3,9H2,1H3,(H,20,23)(H,21,22)/t11-/m0/s1. The Morgan fingerprint density at radius 2 is 2.04 bits per heavy atom. The average molecular weight is 387 g/mol. The van der Waals surface area contributed by atoms with Crippen LogP contribution in [0.15, 0.2) is 40.3 Å². The summed E-state index contributed by atoms with van der Waals surface area (Å²) in [4.78, 5) is 30.2. The first-order valence-electron chi connectivity index (χ1n) is 8.39. The maximum Gasteiger partial charge on any atom is 0.255 e. The Morgan fingerprint density at radius 3 is 2.74 bits per heavy atom. The molecule has 0 spiro atoms. The summed E-state index contributed by atoms with van der Waals surface area (Å²) in [6.45, 7) is 0.268. The summed E-state index contributed by atoms with van der Waals surface area (Å²) in [5.74, 6) is 0.327. The molecule has 1 aliphatic rings. The van der Waals surface area contributed by atoms with E-state index in [9.17, 15) is 18.0 Å². The van der Waals surface area contributed by atoms with E-state index >= 15 is 0 Å². The van der Waals surface area contributed by atoms with Gasteiger partial charge in [-0.05, 0) is 30.0 Å². The molecule has 1 amide bonds. The van der Waals surface area contributed by atoms with Gasteiger partial charge in [0.25, 0.3) is 5.56 Å². The van der Waals surface area contributed by atoms with Crippen molar-refractivity contribution < 1.29 is 17.9 Å². The van der Waals surface area contributed by atoms with Gasteiger partial charge in [-0.1, -0.05) is 0 Å². The van der Waals surface area contributed by atoms with Gasteiger partial charge in [0.15, 0.2) is 9.84 Å². The summed E-state index contributed by atoms with van der Waals surface area (Å²) >= 11 is 0. The molecule has 1 aromatic carbocycles. The molecule has 1 saturated heterocycles. The maximum absolute atomic E-state index is 12.2. The van der Waals surface area contributed by atoms with Gasteiger partial charge in [0.1, 0.15) is 6.61 Å². The van der Waals surface area contributed by atoms with Crippen LogP contribution in [0.5, 0.6) is 5.88 Å². The number of hydrogen-bond acceptors (Lipinski definition) is 6. The second-order valence-electron chi connectivity index (χ2n) is 6.60. The van der Waals surface area contributed by atoms with Crippen molar-refractivity contribution in [3.8, 4) is 5.88 Å². The Bertz CT molecular complexity index is 1230. The smallest absolute Gasteiger partial charge is 0.255 e. The largest absolute Gasteiger partial charge is 0.475 e. The Morgan fingerprint density at radius 1 is 1.22 bits per heavy atom. The molecule has 2 aromatic heterocycles. The monoisotopic (exact) mass is 387 g/mol. The summed E-state index contributed by atoms with van der Waals surface area (Å²) in [6.07, 6.45) is 5.03. The number of aromatic amines is 1. The van der Waals surface area contributed by atoms with E-state index in [4.69, 9.17) is 4.74 Å². The van der Waals surface area contributed by atoms with Crippen LogP contribution in [-0.4, -0.2) is 43.2 Å². The molecule has 0 unspecified atom stereocenters. The predicted molar refractivity (Wildman–Crippen MR) is 99.6 cm³/mol. The fourth-order valence-electron chi connectivity index (χ4n) is 3.28. The SMILES string of the molecule is CS(=O)(=O)c1c[nH]c(=O)c2cc3ccnc(OC[C@@H]4CCC(=O)N4)c3cc12. The lowest BCUT2D eigenvalue weighted by Crippen LogP contribution is -2.31. The molecule has 27 heavy (non-hydrogen) atoms. The van der Waals surface area contributed by atoms with Crippen molar-refractivity contribution in [2.24, 2.45) is 0 Å². The molecule has 0 radical (unpaired) electrons. The molecule has 0 bridgehead atoms. The number of nitrogens with zero attached hydrogens (tertiary/aromatic N) is 1. The molecule has 1 fully saturated rings. The van der Waals surface area contributed by atoms with Crippen LogP contribution in [0, 0.1) is 0 Å². The first kappa shape index (κ1) is 17.5. The number of rotatable bonds is 4. The lowest BCUT2D eigenvalue weighted by Gasteiger charge is -2.13. The van der Waals surface area contributed by atoms with Crippen molar-refractivity contribution in [1.29, 1.82) is 0 Å². The minimum absolute atomic E-state index is 0.00232.